The van der Waals surface area contributed by atoms with Crippen molar-refractivity contribution < 1.29 is 9.21 Å². The van der Waals surface area contributed by atoms with Gasteiger partial charge in [-0.3, -0.25) is 4.79 Å². The number of thiophene rings is 1. The molecule has 4 heteroatoms. The molecule has 3 nitrogen and oxygen atoms in total. The number of aryl methyl sites for hydroxylation is 1. The minimum atomic E-state index is 0.188. The van der Waals surface area contributed by atoms with Gasteiger partial charge in [0.2, 0.25) is 5.89 Å². The van der Waals surface area contributed by atoms with E-state index in [0.29, 0.717) is 18.7 Å². The molecule has 0 bridgehead atoms. The van der Waals surface area contributed by atoms with Crippen LogP contribution in [0.3, 0.4) is 0 Å². The number of para-hydroxylation sites is 2. The second kappa shape index (κ2) is 6.01. The summed E-state index contributed by atoms with van der Waals surface area (Å²) >= 11 is 1.74. The second-order valence-electron chi connectivity index (χ2n) is 4.72. The van der Waals surface area contributed by atoms with E-state index < -0.39 is 0 Å². The van der Waals surface area contributed by atoms with Crippen LogP contribution >= 0.6 is 11.3 Å². The zero-order chi connectivity index (χ0) is 13.8. The summed E-state index contributed by atoms with van der Waals surface area (Å²) in [6.07, 6.45) is 2.73. The van der Waals surface area contributed by atoms with Crippen LogP contribution in [0.15, 0.2) is 46.2 Å². The van der Waals surface area contributed by atoms with Gasteiger partial charge in [-0.05, 0) is 36.4 Å². The van der Waals surface area contributed by atoms with Crippen LogP contribution < -0.4 is 0 Å². The number of ketones is 1. The summed E-state index contributed by atoms with van der Waals surface area (Å²) in [6.45, 7) is 0. The van der Waals surface area contributed by atoms with Crippen molar-refractivity contribution in [3.8, 4) is 0 Å². The topological polar surface area (TPSA) is 43.1 Å². The molecule has 0 aliphatic rings. The molecular weight excluding hydrogens is 270 g/mol. The van der Waals surface area contributed by atoms with Gasteiger partial charge in [-0.25, -0.2) is 4.98 Å². The first-order chi connectivity index (χ1) is 9.81. The van der Waals surface area contributed by atoms with Gasteiger partial charge < -0.3 is 4.42 Å². The third-order valence-electron chi connectivity index (χ3n) is 3.15. The number of carbonyl (C=O) groups is 1. The summed E-state index contributed by atoms with van der Waals surface area (Å²) in [5.74, 6) is 0.709. The van der Waals surface area contributed by atoms with Gasteiger partial charge in [0.1, 0.15) is 11.3 Å². The molecule has 0 N–H and O–H groups in total. The molecule has 0 aliphatic heterocycles. The van der Waals surface area contributed by atoms with Gasteiger partial charge in [0.25, 0.3) is 0 Å². The molecule has 102 valence electrons. The molecule has 0 atom stereocenters. The highest BCUT2D eigenvalue weighted by Crippen LogP contribution is 2.16. The Morgan fingerprint density at radius 1 is 1.20 bits per heavy atom. The molecule has 0 aliphatic carbocycles. The van der Waals surface area contributed by atoms with Crippen molar-refractivity contribution in [3.63, 3.8) is 0 Å². The molecule has 3 rings (SSSR count). The van der Waals surface area contributed by atoms with Crippen LogP contribution in [0.1, 0.15) is 23.6 Å². The monoisotopic (exact) mass is 285 g/mol. The third kappa shape index (κ3) is 3.14. The summed E-state index contributed by atoms with van der Waals surface area (Å²) in [5, 5.41) is 2.06. The summed E-state index contributed by atoms with van der Waals surface area (Å²) in [7, 11) is 0. The summed E-state index contributed by atoms with van der Waals surface area (Å²) in [4.78, 5) is 17.6. The number of aromatic nitrogens is 1. The predicted molar refractivity (Wildman–Crippen MR) is 80.0 cm³/mol. The van der Waals surface area contributed by atoms with Gasteiger partial charge in [-0.15, -0.1) is 11.3 Å². The van der Waals surface area contributed by atoms with E-state index in [4.69, 9.17) is 4.42 Å². The van der Waals surface area contributed by atoms with Crippen LogP contribution in [0.25, 0.3) is 11.1 Å². The molecule has 0 fully saturated rings. The Morgan fingerprint density at radius 3 is 2.90 bits per heavy atom. The Kier molecular flexibility index (Phi) is 3.92. The first-order valence-electron chi connectivity index (χ1n) is 6.70. The van der Waals surface area contributed by atoms with Gasteiger partial charge in [0.15, 0.2) is 5.58 Å². The number of benzene rings is 1. The van der Waals surface area contributed by atoms with E-state index in [1.165, 1.54) is 4.88 Å². The average Bonchev–Trinajstić information content (AvgIpc) is 3.06. The highest BCUT2D eigenvalue weighted by molar-refractivity contribution is 7.09. The Labute approximate surface area is 121 Å². The van der Waals surface area contributed by atoms with E-state index in [2.05, 4.69) is 16.4 Å². The molecule has 0 saturated carbocycles. The fraction of sp³-hybridized carbons (Fsp3) is 0.250. The Hall–Kier alpha value is -1.94. The van der Waals surface area contributed by atoms with Crippen LogP contribution in [0.4, 0.5) is 0 Å². The Morgan fingerprint density at radius 2 is 2.10 bits per heavy atom. The molecule has 3 aromatic rings. The van der Waals surface area contributed by atoms with Crippen molar-refractivity contribution >= 4 is 28.2 Å². The van der Waals surface area contributed by atoms with Crippen LogP contribution in [-0.2, 0) is 17.6 Å². The van der Waals surface area contributed by atoms with Crippen molar-refractivity contribution in [2.24, 2.45) is 0 Å². The Bertz CT molecular complexity index is 667. The van der Waals surface area contributed by atoms with Crippen LogP contribution in [0.2, 0.25) is 0 Å². The maximum Gasteiger partial charge on any atom is 0.202 e. The van der Waals surface area contributed by atoms with E-state index in [0.717, 1.165) is 23.9 Å². The summed E-state index contributed by atoms with van der Waals surface area (Å²) in [6, 6.07) is 11.7. The van der Waals surface area contributed by atoms with Crippen molar-refractivity contribution in [3.05, 3.63) is 52.5 Å². The number of Topliss-reactive ketones (excluding diaryl/α,β-unsaturated/α-hetero) is 1. The number of hydrogen-bond donors (Lipinski definition) is 0. The van der Waals surface area contributed by atoms with E-state index in [-0.39, 0.29) is 5.78 Å². The van der Waals surface area contributed by atoms with Crippen molar-refractivity contribution in [2.75, 3.05) is 0 Å². The quantitative estimate of drug-likeness (QED) is 0.687. The molecule has 0 amide bonds. The fourth-order valence-electron chi connectivity index (χ4n) is 2.17. The lowest BCUT2D eigenvalue weighted by molar-refractivity contribution is -0.118. The number of fused-ring (bicyclic) bond motifs is 1. The van der Waals surface area contributed by atoms with E-state index in [1.807, 2.05) is 30.3 Å². The second-order valence-corrected chi connectivity index (χ2v) is 5.76. The number of rotatable bonds is 6. The molecule has 1 aromatic carbocycles. The molecule has 20 heavy (non-hydrogen) atoms. The lowest BCUT2D eigenvalue weighted by Gasteiger charge is -1.97. The predicted octanol–water partition coefficient (Wildman–Crippen LogP) is 4.02. The molecule has 2 aromatic heterocycles. The minimum absolute atomic E-state index is 0.188. The van der Waals surface area contributed by atoms with Gasteiger partial charge in [0, 0.05) is 11.3 Å². The van der Waals surface area contributed by atoms with Crippen molar-refractivity contribution in [2.45, 2.75) is 25.7 Å². The normalized spacial score (nSPS) is 11.0. The largest absolute Gasteiger partial charge is 0.440 e. The standard InChI is InChI=1S/C16H15NO2S/c18-12(5-3-6-13-7-4-10-20-13)11-16-17-14-8-1-2-9-15(14)19-16/h1-2,4,7-10H,3,5-6,11H2. The SMILES string of the molecule is O=C(CCCc1cccs1)Cc1nc2ccccc2o1. The van der Waals surface area contributed by atoms with Crippen LogP contribution in [0.5, 0.6) is 0 Å². The number of nitrogens with zero attached hydrogens (tertiary/aromatic N) is 1. The van der Waals surface area contributed by atoms with Gasteiger partial charge in [-0.2, -0.15) is 0 Å². The molecular formula is C16H15NO2S. The zero-order valence-corrected chi connectivity index (χ0v) is 11.9. The molecule has 2 heterocycles. The molecule has 0 radical (unpaired) electrons. The number of hydrogen-bond acceptors (Lipinski definition) is 4. The molecule has 0 spiro atoms. The van der Waals surface area contributed by atoms with E-state index in [9.17, 15) is 4.79 Å². The highest BCUT2D eigenvalue weighted by Gasteiger charge is 2.10. The van der Waals surface area contributed by atoms with Gasteiger partial charge in [-0.1, -0.05) is 18.2 Å². The smallest absolute Gasteiger partial charge is 0.202 e. The molecule has 0 unspecified atom stereocenters. The number of oxazole rings is 1. The lowest BCUT2D eigenvalue weighted by atomic mass is 10.1. The lowest BCUT2D eigenvalue weighted by Crippen LogP contribution is -2.03. The minimum Gasteiger partial charge on any atom is -0.440 e. The first kappa shape index (κ1) is 13.1. The fourth-order valence-corrected chi connectivity index (χ4v) is 2.92. The number of carbonyl (C=O) groups excluding carboxylic acids is 1. The van der Waals surface area contributed by atoms with Crippen molar-refractivity contribution in [1.82, 2.24) is 4.98 Å². The maximum atomic E-state index is 11.9. The Balaban J connectivity index is 1.53. The average molecular weight is 285 g/mol. The van der Waals surface area contributed by atoms with Crippen LogP contribution in [0, 0.1) is 0 Å². The summed E-state index contributed by atoms with van der Waals surface area (Å²) < 4.78 is 5.56. The van der Waals surface area contributed by atoms with E-state index in [1.54, 1.807) is 11.3 Å². The summed E-state index contributed by atoms with van der Waals surface area (Å²) in [5.41, 5.74) is 1.56. The van der Waals surface area contributed by atoms with E-state index >= 15 is 0 Å². The first-order valence-corrected chi connectivity index (χ1v) is 7.58. The highest BCUT2D eigenvalue weighted by atomic mass is 32.1. The third-order valence-corrected chi connectivity index (χ3v) is 4.08. The van der Waals surface area contributed by atoms with Crippen molar-refractivity contribution in [1.29, 1.82) is 0 Å². The van der Waals surface area contributed by atoms with Gasteiger partial charge >= 0.3 is 0 Å². The molecule has 0 saturated heterocycles. The van der Waals surface area contributed by atoms with Crippen LogP contribution in [-0.4, -0.2) is 10.8 Å². The van der Waals surface area contributed by atoms with Gasteiger partial charge in [0.05, 0.1) is 6.42 Å². The zero-order valence-electron chi connectivity index (χ0n) is 11.0. The maximum absolute atomic E-state index is 11.9.